The third-order valence-electron chi connectivity index (χ3n) is 4.77. The summed E-state index contributed by atoms with van der Waals surface area (Å²) in [6.45, 7) is 0.553. The van der Waals surface area contributed by atoms with Crippen LogP contribution in [0.15, 0.2) is 48.8 Å². The molecule has 3 rings (SSSR count). The predicted molar refractivity (Wildman–Crippen MR) is 99.2 cm³/mol. The van der Waals surface area contributed by atoms with Crippen LogP contribution >= 0.6 is 0 Å². The maximum atomic E-state index is 12.4. The highest BCUT2D eigenvalue weighted by molar-refractivity contribution is 5.84. The molecule has 0 radical (unpaired) electrons. The molecule has 138 valence electrons. The topological polar surface area (TPSA) is 76.0 Å². The number of benzene rings is 1. The maximum Gasteiger partial charge on any atom is 0.221 e. The predicted octanol–water partition coefficient (Wildman–Crippen LogP) is 2.58. The minimum absolute atomic E-state index is 0.0320. The molecule has 1 unspecified atom stereocenters. The molecule has 0 saturated heterocycles. The highest BCUT2D eigenvalue weighted by Gasteiger charge is 2.19. The van der Waals surface area contributed by atoms with Crippen LogP contribution < -0.4 is 10.6 Å². The van der Waals surface area contributed by atoms with Crippen LogP contribution in [-0.2, 0) is 16.1 Å². The van der Waals surface area contributed by atoms with E-state index >= 15 is 0 Å². The Labute approximate surface area is 154 Å². The highest BCUT2D eigenvalue weighted by Crippen LogP contribution is 2.18. The average molecular weight is 354 g/mol. The lowest BCUT2D eigenvalue weighted by Crippen LogP contribution is -2.35. The summed E-state index contributed by atoms with van der Waals surface area (Å²) in [5.74, 6) is -0.150. The van der Waals surface area contributed by atoms with Gasteiger partial charge in [-0.05, 0) is 24.5 Å². The van der Waals surface area contributed by atoms with Gasteiger partial charge in [-0.1, -0.05) is 43.2 Å². The van der Waals surface area contributed by atoms with Crippen molar-refractivity contribution in [2.24, 2.45) is 0 Å². The fourth-order valence-corrected chi connectivity index (χ4v) is 3.38. The number of amides is 2. The molecular formula is C20H26N4O2. The smallest absolute Gasteiger partial charge is 0.221 e. The van der Waals surface area contributed by atoms with Gasteiger partial charge in [0.15, 0.2) is 0 Å². The third kappa shape index (κ3) is 5.44. The van der Waals surface area contributed by atoms with Crippen LogP contribution in [0.3, 0.4) is 0 Å². The Balaban J connectivity index is 1.52. The fraction of sp³-hybridized carbons (Fsp3) is 0.450. The Morgan fingerprint density at radius 2 is 1.81 bits per heavy atom. The van der Waals surface area contributed by atoms with Crippen LogP contribution in [0.1, 0.15) is 50.1 Å². The number of hydrogen-bond donors (Lipinski definition) is 2. The minimum Gasteiger partial charge on any atom is -0.353 e. The zero-order valence-corrected chi connectivity index (χ0v) is 14.9. The normalized spacial score (nSPS) is 15.5. The molecule has 0 aliphatic heterocycles. The lowest BCUT2D eigenvalue weighted by atomic mass is 10.1. The molecule has 1 heterocycles. The number of aromatic nitrogens is 2. The first-order chi connectivity index (χ1) is 12.7. The van der Waals surface area contributed by atoms with Crippen molar-refractivity contribution < 1.29 is 9.59 Å². The van der Waals surface area contributed by atoms with Gasteiger partial charge in [-0.3, -0.25) is 14.3 Å². The van der Waals surface area contributed by atoms with Crippen LogP contribution in [-0.4, -0.2) is 27.6 Å². The first-order valence-electron chi connectivity index (χ1n) is 9.32. The van der Waals surface area contributed by atoms with E-state index in [4.69, 9.17) is 0 Å². The van der Waals surface area contributed by atoms with Crippen molar-refractivity contribution in [3.63, 3.8) is 0 Å². The molecule has 2 N–H and O–H groups in total. The first kappa shape index (κ1) is 18.2. The summed E-state index contributed by atoms with van der Waals surface area (Å²) >= 11 is 0. The molecule has 0 bridgehead atoms. The quantitative estimate of drug-likeness (QED) is 0.765. The second-order valence-electron chi connectivity index (χ2n) is 6.81. The number of hydrogen-bond acceptors (Lipinski definition) is 3. The van der Waals surface area contributed by atoms with Gasteiger partial charge in [0.05, 0.1) is 12.6 Å². The maximum absolute atomic E-state index is 12.4. The fourth-order valence-electron chi connectivity index (χ4n) is 3.38. The van der Waals surface area contributed by atoms with Crippen LogP contribution in [0.25, 0.3) is 0 Å². The second kappa shape index (κ2) is 9.17. The largest absolute Gasteiger partial charge is 0.353 e. The van der Waals surface area contributed by atoms with E-state index in [0.717, 1.165) is 18.4 Å². The van der Waals surface area contributed by atoms with E-state index in [1.54, 1.807) is 10.9 Å². The van der Waals surface area contributed by atoms with Crippen molar-refractivity contribution in [2.45, 2.75) is 57.2 Å². The van der Waals surface area contributed by atoms with Gasteiger partial charge in [0.1, 0.15) is 0 Å². The van der Waals surface area contributed by atoms with Gasteiger partial charge < -0.3 is 10.6 Å². The van der Waals surface area contributed by atoms with Crippen LogP contribution in [0.5, 0.6) is 0 Å². The zero-order chi connectivity index (χ0) is 18.2. The van der Waals surface area contributed by atoms with Gasteiger partial charge in [-0.15, -0.1) is 0 Å². The lowest BCUT2D eigenvalue weighted by molar-refractivity contribution is -0.127. The van der Waals surface area contributed by atoms with Gasteiger partial charge in [0.2, 0.25) is 11.8 Å². The molecule has 1 atom stereocenters. The Kier molecular flexibility index (Phi) is 6.41. The molecule has 1 aromatic carbocycles. The molecule has 1 saturated carbocycles. The molecule has 2 amide bonds. The van der Waals surface area contributed by atoms with Crippen molar-refractivity contribution in [1.29, 1.82) is 0 Å². The number of carbonyl (C=O) groups excluding carboxylic acids is 2. The summed E-state index contributed by atoms with van der Waals surface area (Å²) in [7, 11) is 0. The van der Waals surface area contributed by atoms with Crippen molar-refractivity contribution in [3.8, 4) is 0 Å². The van der Waals surface area contributed by atoms with Gasteiger partial charge in [-0.2, -0.15) is 5.10 Å². The van der Waals surface area contributed by atoms with Gasteiger partial charge in [0, 0.05) is 31.3 Å². The van der Waals surface area contributed by atoms with Gasteiger partial charge in [-0.25, -0.2) is 0 Å². The standard InChI is InChI=1S/C20H26N4O2/c25-19(22-17-9-4-5-10-17)11-12-20(26)23-18(15-24-14-6-13-21-24)16-7-2-1-3-8-16/h1-3,6-8,13-14,17-18H,4-5,9-12,15H2,(H,22,25)(H,23,26). The molecule has 1 fully saturated rings. The minimum atomic E-state index is -0.179. The number of rotatable bonds is 8. The average Bonchev–Trinajstić information content (AvgIpc) is 3.34. The van der Waals surface area contributed by atoms with E-state index in [2.05, 4.69) is 15.7 Å². The zero-order valence-electron chi connectivity index (χ0n) is 14.9. The van der Waals surface area contributed by atoms with Crippen molar-refractivity contribution in [1.82, 2.24) is 20.4 Å². The van der Waals surface area contributed by atoms with Gasteiger partial charge >= 0.3 is 0 Å². The number of nitrogens with zero attached hydrogens (tertiary/aromatic N) is 2. The Bertz CT molecular complexity index is 694. The lowest BCUT2D eigenvalue weighted by Gasteiger charge is -2.19. The number of nitrogens with one attached hydrogen (secondary N) is 2. The van der Waals surface area contributed by atoms with E-state index in [1.165, 1.54) is 12.8 Å². The second-order valence-corrected chi connectivity index (χ2v) is 6.81. The van der Waals surface area contributed by atoms with E-state index in [1.807, 2.05) is 42.6 Å². The molecule has 6 heteroatoms. The van der Waals surface area contributed by atoms with E-state index in [0.29, 0.717) is 12.6 Å². The van der Waals surface area contributed by atoms with Crippen LogP contribution in [0.4, 0.5) is 0 Å². The Morgan fingerprint density at radius 3 is 2.50 bits per heavy atom. The van der Waals surface area contributed by atoms with E-state index in [9.17, 15) is 9.59 Å². The molecule has 1 aromatic heterocycles. The van der Waals surface area contributed by atoms with Crippen molar-refractivity contribution in [2.75, 3.05) is 0 Å². The molecule has 1 aliphatic rings. The summed E-state index contributed by atoms with van der Waals surface area (Å²) in [5.41, 5.74) is 1.02. The molecule has 6 nitrogen and oxygen atoms in total. The summed E-state index contributed by atoms with van der Waals surface area (Å²) < 4.78 is 1.80. The molecule has 2 aromatic rings. The Morgan fingerprint density at radius 1 is 1.08 bits per heavy atom. The van der Waals surface area contributed by atoms with E-state index < -0.39 is 0 Å². The molecule has 0 spiro atoms. The van der Waals surface area contributed by atoms with Gasteiger partial charge in [0.25, 0.3) is 0 Å². The Hall–Kier alpha value is -2.63. The van der Waals surface area contributed by atoms with Crippen molar-refractivity contribution in [3.05, 3.63) is 54.4 Å². The summed E-state index contributed by atoms with van der Waals surface area (Å²) in [4.78, 5) is 24.4. The highest BCUT2D eigenvalue weighted by atomic mass is 16.2. The van der Waals surface area contributed by atoms with E-state index in [-0.39, 0.29) is 30.7 Å². The molecule has 1 aliphatic carbocycles. The molecular weight excluding hydrogens is 328 g/mol. The summed E-state index contributed by atoms with van der Waals surface area (Å²) in [6.07, 6.45) is 8.48. The monoisotopic (exact) mass is 354 g/mol. The van der Waals surface area contributed by atoms with Crippen LogP contribution in [0, 0.1) is 0 Å². The number of carbonyl (C=O) groups is 2. The SMILES string of the molecule is O=C(CCC(=O)NC(Cn1cccn1)c1ccccc1)NC1CCCC1. The summed E-state index contributed by atoms with van der Waals surface area (Å²) in [6, 6.07) is 11.8. The first-order valence-corrected chi connectivity index (χ1v) is 9.32. The molecule has 26 heavy (non-hydrogen) atoms. The van der Waals surface area contributed by atoms with Crippen molar-refractivity contribution >= 4 is 11.8 Å². The third-order valence-corrected chi connectivity index (χ3v) is 4.77. The van der Waals surface area contributed by atoms with Crippen LogP contribution in [0.2, 0.25) is 0 Å². The summed E-state index contributed by atoms with van der Waals surface area (Å²) in [5, 5.41) is 10.3.